The summed E-state index contributed by atoms with van der Waals surface area (Å²) in [6, 6.07) is 17.9. The number of hydrogen-bond acceptors (Lipinski definition) is 3. The Labute approximate surface area is 165 Å². The molecule has 27 heavy (non-hydrogen) atoms. The SMILES string of the molecule is CCOc1ccccc1NC(=S)NCc1c(C)nn(-c2ccccc2)c1C. The van der Waals surface area contributed by atoms with E-state index < -0.39 is 0 Å². The van der Waals surface area contributed by atoms with Crippen LogP contribution in [0, 0.1) is 13.8 Å². The molecule has 0 amide bonds. The van der Waals surface area contributed by atoms with Gasteiger partial charge in [0, 0.05) is 17.8 Å². The number of hydrogen-bond donors (Lipinski definition) is 2. The van der Waals surface area contributed by atoms with E-state index in [2.05, 4.69) is 22.7 Å². The van der Waals surface area contributed by atoms with E-state index in [1.54, 1.807) is 0 Å². The highest BCUT2D eigenvalue weighted by Crippen LogP contribution is 2.23. The van der Waals surface area contributed by atoms with Gasteiger partial charge in [0.15, 0.2) is 5.11 Å². The molecule has 0 aliphatic heterocycles. The first-order valence-corrected chi connectivity index (χ1v) is 9.38. The van der Waals surface area contributed by atoms with E-state index in [-0.39, 0.29) is 0 Å². The lowest BCUT2D eigenvalue weighted by Gasteiger charge is -2.14. The van der Waals surface area contributed by atoms with E-state index in [9.17, 15) is 0 Å². The number of ether oxygens (including phenoxy) is 1. The highest BCUT2D eigenvalue weighted by atomic mass is 32.1. The maximum atomic E-state index is 5.63. The standard InChI is InChI=1S/C21H24N4OS/c1-4-26-20-13-9-8-12-19(20)23-21(27)22-14-18-15(2)24-25(16(18)3)17-10-6-5-7-11-17/h5-13H,4,14H2,1-3H3,(H2,22,23,27). The minimum atomic E-state index is 0.549. The molecule has 3 aromatic rings. The summed E-state index contributed by atoms with van der Waals surface area (Å²) in [7, 11) is 0. The Morgan fingerprint density at radius 3 is 2.52 bits per heavy atom. The highest BCUT2D eigenvalue weighted by Gasteiger charge is 2.13. The van der Waals surface area contributed by atoms with Crippen LogP contribution in [0.1, 0.15) is 23.9 Å². The molecule has 3 rings (SSSR count). The normalized spacial score (nSPS) is 10.5. The molecule has 0 radical (unpaired) electrons. The molecule has 6 heteroatoms. The van der Waals surface area contributed by atoms with Crippen molar-refractivity contribution in [2.24, 2.45) is 0 Å². The molecule has 0 spiro atoms. The minimum Gasteiger partial charge on any atom is -0.492 e. The second-order valence-electron chi connectivity index (χ2n) is 6.13. The van der Waals surface area contributed by atoms with E-state index in [4.69, 9.17) is 17.0 Å². The Hall–Kier alpha value is -2.86. The smallest absolute Gasteiger partial charge is 0.171 e. The van der Waals surface area contributed by atoms with Crippen molar-refractivity contribution in [3.8, 4) is 11.4 Å². The van der Waals surface area contributed by atoms with E-state index in [0.717, 1.165) is 34.1 Å². The van der Waals surface area contributed by atoms with Crippen LogP contribution in [0.3, 0.4) is 0 Å². The van der Waals surface area contributed by atoms with Crippen LogP contribution in [-0.4, -0.2) is 21.5 Å². The number of anilines is 1. The zero-order chi connectivity index (χ0) is 19.2. The first-order chi connectivity index (χ1) is 13.1. The fourth-order valence-corrected chi connectivity index (χ4v) is 3.12. The van der Waals surface area contributed by atoms with Crippen LogP contribution in [0.2, 0.25) is 0 Å². The van der Waals surface area contributed by atoms with Crippen molar-refractivity contribution in [3.63, 3.8) is 0 Å². The first kappa shape index (κ1) is 18.9. The summed E-state index contributed by atoms with van der Waals surface area (Å²) < 4.78 is 7.59. The van der Waals surface area contributed by atoms with Crippen LogP contribution in [0.15, 0.2) is 54.6 Å². The molecule has 0 bridgehead atoms. The number of benzene rings is 2. The third kappa shape index (κ3) is 4.46. The van der Waals surface area contributed by atoms with Gasteiger partial charge in [0.1, 0.15) is 5.75 Å². The second kappa shape index (κ2) is 8.68. The third-order valence-corrected chi connectivity index (χ3v) is 4.55. The summed E-state index contributed by atoms with van der Waals surface area (Å²) in [6.45, 7) is 7.27. The summed E-state index contributed by atoms with van der Waals surface area (Å²) in [5.74, 6) is 0.786. The fraction of sp³-hybridized carbons (Fsp3) is 0.238. The van der Waals surface area contributed by atoms with Gasteiger partial charge in [-0.2, -0.15) is 5.10 Å². The molecule has 0 aliphatic rings. The molecular weight excluding hydrogens is 356 g/mol. The van der Waals surface area contributed by atoms with Crippen molar-refractivity contribution in [1.82, 2.24) is 15.1 Å². The maximum Gasteiger partial charge on any atom is 0.171 e. The average molecular weight is 381 g/mol. The van der Waals surface area contributed by atoms with Gasteiger partial charge in [-0.25, -0.2) is 4.68 Å². The van der Waals surface area contributed by atoms with E-state index in [0.29, 0.717) is 18.3 Å². The molecule has 5 nitrogen and oxygen atoms in total. The van der Waals surface area contributed by atoms with Crippen LogP contribution in [0.5, 0.6) is 5.75 Å². The number of aryl methyl sites for hydroxylation is 1. The topological polar surface area (TPSA) is 51.1 Å². The molecule has 2 aromatic carbocycles. The van der Waals surface area contributed by atoms with Gasteiger partial charge in [-0.15, -0.1) is 0 Å². The Bertz CT molecular complexity index is 921. The van der Waals surface area contributed by atoms with Gasteiger partial charge in [0.25, 0.3) is 0 Å². The predicted molar refractivity (Wildman–Crippen MR) is 114 cm³/mol. The summed E-state index contributed by atoms with van der Waals surface area (Å²) >= 11 is 5.46. The van der Waals surface area contributed by atoms with E-state index in [1.807, 2.05) is 73.1 Å². The second-order valence-corrected chi connectivity index (χ2v) is 6.54. The minimum absolute atomic E-state index is 0.549. The maximum absolute atomic E-state index is 5.63. The Morgan fingerprint density at radius 2 is 1.78 bits per heavy atom. The lowest BCUT2D eigenvalue weighted by molar-refractivity contribution is 0.342. The predicted octanol–water partition coefficient (Wildman–Crippen LogP) is 4.37. The number of nitrogens with zero attached hydrogens (tertiary/aromatic N) is 2. The van der Waals surface area contributed by atoms with Gasteiger partial charge in [0.05, 0.1) is 23.7 Å². The van der Waals surface area contributed by atoms with E-state index >= 15 is 0 Å². The van der Waals surface area contributed by atoms with Gasteiger partial charge in [-0.1, -0.05) is 30.3 Å². The van der Waals surface area contributed by atoms with Crippen LogP contribution < -0.4 is 15.4 Å². The molecule has 2 N–H and O–H groups in total. The van der Waals surface area contributed by atoms with Gasteiger partial charge in [-0.05, 0) is 57.3 Å². The quantitative estimate of drug-likeness (QED) is 0.622. The largest absolute Gasteiger partial charge is 0.492 e. The molecule has 0 saturated carbocycles. The third-order valence-electron chi connectivity index (χ3n) is 4.30. The highest BCUT2D eigenvalue weighted by molar-refractivity contribution is 7.80. The van der Waals surface area contributed by atoms with Crippen LogP contribution in [0.4, 0.5) is 5.69 Å². The zero-order valence-corrected chi connectivity index (χ0v) is 16.6. The molecule has 1 aromatic heterocycles. The van der Waals surface area contributed by atoms with Gasteiger partial charge in [-0.3, -0.25) is 0 Å². The zero-order valence-electron chi connectivity index (χ0n) is 15.8. The number of aromatic nitrogens is 2. The van der Waals surface area contributed by atoms with Crippen molar-refractivity contribution in [3.05, 3.63) is 71.5 Å². The molecule has 0 unspecified atom stereocenters. The summed E-state index contributed by atoms with van der Waals surface area (Å²) in [4.78, 5) is 0. The molecular formula is C21H24N4OS. The average Bonchev–Trinajstić information content (AvgIpc) is 2.96. The lowest BCUT2D eigenvalue weighted by Crippen LogP contribution is -2.28. The Balaban J connectivity index is 1.69. The first-order valence-electron chi connectivity index (χ1n) is 8.97. The van der Waals surface area contributed by atoms with Gasteiger partial charge in [0.2, 0.25) is 0 Å². The van der Waals surface area contributed by atoms with Crippen LogP contribution >= 0.6 is 12.2 Å². The van der Waals surface area contributed by atoms with Crippen molar-refractivity contribution in [2.75, 3.05) is 11.9 Å². The molecule has 0 aliphatic carbocycles. The van der Waals surface area contributed by atoms with Crippen molar-refractivity contribution in [2.45, 2.75) is 27.3 Å². The summed E-state index contributed by atoms with van der Waals surface area (Å²) in [5, 5.41) is 11.7. The number of rotatable bonds is 6. The molecule has 0 atom stereocenters. The van der Waals surface area contributed by atoms with Gasteiger partial charge >= 0.3 is 0 Å². The lowest BCUT2D eigenvalue weighted by atomic mass is 10.2. The Kier molecular flexibility index (Phi) is 6.08. The summed E-state index contributed by atoms with van der Waals surface area (Å²) in [5.41, 5.74) is 5.13. The summed E-state index contributed by atoms with van der Waals surface area (Å²) in [6.07, 6.45) is 0. The molecule has 140 valence electrons. The molecule has 0 fully saturated rings. The van der Waals surface area contributed by atoms with Crippen molar-refractivity contribution >= 4 is 23.0 Å². The van der Waals surface area contributed by atoms with Crippen LogP contribution in [-0.2, 0) is 6.54 Å². The van der Waals surface area contributed by atoms with E-state index in [1.165, 1.54) is 0 Å². The molecule has 1 heterocycles. The van der Waals surface area contributed by atoms with Gasteiger partial charge < -0.3 is 15.4 Å². The number of thiocarbonyl (C=S) groups is 1. The number of nitrogens with one attached hydrogen (secondary N) is 2. The Morgan fingerprint density at radius 1 is 1.07 bits per heavy atom. The fourth-order valence-electron chi connectivity index (χ4n) is 2.94. The van der Waals surface area contributed by atoms with Crippen molar-refractivity contribution in [1.29, 1.82) is 0 Å². The van der Waals surface area contributed by atoms with Crippen molar-refractivity contribution < 1.29 is 4.74 Å². The number of para-hydroxylation sites is 3. The molecule has 0 saturated heterocycles. The van der Waals surface area contributed by atoms with Crippen LogP contribution in [0.25, 0.3) is 5.69 Å². The monoisotopic (exact) mass is 380 g/mol.